The first-order valence-electron chi connectivity index (χ1n) is 10.2. The van der Waals surface area contributed by atoms with Crippen LogP contribution in [0.25, 0.3) is 10.9 Å². The number of nitrogens with two attached hydrogens (primary N) is 1. The largest absolute Gasteiger partial charge is 0.398 e. The van der Waals surface area contributed by atoms with E-state index in [0.29, 0.717) is 30.9 Å². The number of nitrogen functional groups attached to an aromatic ring is 1. The molecule has 1 saturated heterocycles. The SMILES string of the molecule is CC(=O)N1CCC(c2nn(CCC(=O)c3ccc(F)cc3)c3cccc(N)c23)CC1. The Balaban J connectivity index is 1.57. The molecule has 1 aliphatic heterocycles. The summed E-state index contributed by atoms with van der Waals surface area (Å²) in [6, 6.07) is 11.3. The second-order valence-corrected chi connectivity index (χ2v) is 7.81. The highest BCUT2D eigenvalue weighted by Gasteiger charge is 2.27. The lowest BCUT2D eigenvalue weighted by molar-refractivity contribution is -0.129. The molecule has 4 rings (SSSR count). The minimum atomic E-state index is -0.361. The van der Waals surface area contributed by atoms with Gasteiger partial charge >= 0.3 is 0 Å². The van der Waals surface area contributed by atoms with Gasteiger partial charge in [0, 0.05) is 55.5 Å². The average Bonchev–Trinajstić information content (AvgIpc) is 3.12. The summed E-state index contributed by atoms with van der Waals surface area (Å²) in [7, 11) is 0. The van der Waals surface area contributed by atoms with E-state index in [4.69, 9.17) is 10.8 Å². The number of fused-ring (bicyclic) bond motifs is 1. The van der Waals surface area contributed by atoms with E-state index in [-0.39, 0.29) is 29.8 Å². The van der Waals surface area contributed by atoms with Crippen molar-refractivity contribution in [1.82, 2.24) is 14.7 Å². The zero-order valence-electron chi connectivity index (χ0n) is 17.0. The van der Waals surface area contributed by atoms with Crippen molar-refractivity contribution < 1.29 is 14.0 Å². The summed E-state index contributed by atoms with van der Waals surface area (Å²) in [5, 5.41) is 5.78. The van der Waals surface area contributed by atoms with Crippen LogP contribution < -0.4 is 5.73 Å². The van der Waals surface area contributed by atoms with Crippen LogP contribution in [-0.2, 0) is 11.3 Å². The van der Waals surface area contributed by atoms with E-state index in [0.717, 1.165) is 29.4 Å². The summed E-state index contributed by atoms with van der Waals surface area (Å²) in [4.78, 5) is 26.0. The molecule has 1 amide bonds. The highest BCUT2D eigenvalue weighted by Crippen LogP contribution is 2.35. The zero-order valence-corrected chi connectivity index (χ0v) is 17.0. The van der Waals surface area contributed by atoms with Crippen LogP contribution in [-0.4, -0.2) is 39.5 Å². The third kappa shape index (κ3) is 3.92. The molecule has 0 radical (unpaired) electrons. The van der Waals surface area contributed by atoms with E-state index < -0.39 is 0 Å². The average molecular weight is 408 g/mol. The number of halogens is 1. The van der Waals surface area contributed by atoms with Gasteiger partial charge in [0.05, 0.1) is 11.2 Å². The molecule has 2 heterocycles. The lowest BCUT2D eigenvalue weighted by Crippen LogP contribution is -2.36. The van der Waals surface area contributed by atoms with E-state index in [1.54, 1.807) is 6.92 Å². The van der Waals surface area contributed by atoms with Gasteiger partial charge in [-0.05, 0) is 49.2 Å². The van der Waals surface area contributed by atoms with Crippen LogP contribution in [0.1, 0.15) is 48.2 Å². The van der Waals surface area contributed by atoms with E-state index >= 15 is 0 Å². The maximum absolute atomic E-state index is 13.1. The number of carbonyl (C=O) groups is 2. The predicted molar refractivity (Wildman–Crippen MR) is 114 cm³/mol. The molecule has 3 aromatic rings. The Morgan fingerprint density at radius 2 is 1.83 bits per heavy atom. The quantitative estimate of drug-likeness (QED) is 0.515. The monoisotopic (exact) mass is 408 g/mol. The molecule has 0 bridgehead atoms. The van der Waals surface area contributed by atoms with E-state index in [1.807, 2.05) is 27.8 Å². The number of aryl methyl sites for hydroxylation is 1. The highest BCUT2D eigenvalue weighted by atomic mass is 19.1. The molecule has 7 heteroatoms. The van der Waals surface area contributed by atoms with Gasteiger partial charge in [0.2, 0.25) is 5.91 Å². The van der Waals surface area contributed by atoms with Gasteiger partial charge in [0.1, 0.15) is 5.82 Å². The smallest absolute Gasteiger partial charge is 0.219 e. The Hall–Kier alpha value is -3.22. The first-order valence-corrected chi connectivity index (χ1v) is 10.2. The molecule has 156 valence electrons. The Morgan fingerprint density at radius 3 is 2.50 bits per heavy atom. The molecule has 6 nitrogen and oxygen atoms in total. The van der Waals surface area contributed by atoms with Gasteiger partial charge in [0.15, 0.2) is 5.78 Å². The molecule has 0 aliphatic carbocycles. The lowest BCUT2D eigenvalue weighted by atomic mass is 9.91. The van der Waals surface area contributed by atoms with E-state index in [2.05, 4.69) is 0 Å². The Morgan fingerprint density at radius 1 is 1.13 bits per heavy atom. The Bertz CT molecular complexity index is 1080. The first kappa shape index (κ1) is 20.1. The van der Waals surface area contributed by atoms with Crippen molar-refractivity contribution in [2.45, 2.75) is 38.6 Å². The van der Waals surface area contributed by atoms with Crippen LogP contribution in [0.4, 0.5) is 10.1 Å². The van der Waals surface area contributed by atoms with Gasteiger partial charge in [0.25, 0.3) is 0 Å². The van der Waals surface area contributed by atoms with Crippen LogP contribution in [0.5, 0.6) is 0 Å². The number of hydrogen-bond donors (Lipinski definition) is 1. The number of rotatable bonds is 5. The van der Waals surface area contributed by atoms with Crippen molar-refractivity contribution in [1.29, 1.82) is 0 Å². The zero-order chi connectivity index (χ0) is 21.3. The summed E-state index contributed by atoms with van der Waals surface area (Å²) in [6.45, 7) is 3.44. The molecule has 2 N–H and O–H groups in total. The van der Waals surface area contributed by atoms with Gasteiger partial charge in [-0.2, -0.15) is 5.10 Å². The fourth-order valence-corrected chi connectivity index (χ4v) is 4.20. The second kappa shape index (κ2) is 8.26. The maximum atomic E-state index is 13.1. The number of benzene rings is 2. The minimum Gasteiger partial charge on any atom is -0.398 e. The molecule has 0 atom stereocenters. The van der Waals surface area contributed by atoms with Crippen LogP contribution in [0, 0.1) is 5.82 Å². The number of carbonyl (C=O) groups excluding carboxylic acids is 2. The van der Waals surface area contributed by atoms with E-state index in [1.165, 1.54) is 24.3 Å². The molecule has 0 saturated carbocycles. The molecule has 1 fully saturated rings. The molecule has 1 aromatic heterocycles. The van der Waals surface area contributed by atoms with Gasteiger partial charge < -0.3 is 10.6 Å². The number of amides is 1. The molecule has 1 aliphatic rings. The number of Topliss-reactive ketones (excluding diaryl/α,β-unsaturated/α-hetero) is 1. The number of hydrogen-bond acceptors (Lipinski definition) is 4. The number of likely N-dealkylation sites (tertiary alicyclic amines) is 1. The number of nitrogens with zero attached hydrogens (tertiary/aromatic N) is 3. The topological polar surface area (TPSA) is 81.2 Å². The van der Waals surface area contributed by atoms with Crippen molar-refractivity contribution in [3.05, 3.63) is 59.5 Å². The molecular weight excluding hydrogens is 383 g/mol. The van der Waals surface area contributed by atoms with Gasteiger partial charge in [-0.1, -0.05) is 6.07 Å². The first-order chi connectivity index (χ1) is 14.4. The van der Waals surface area contributed by atoms with Crippen LogP contribution in [0.2, 0.25) is 0 Å². The van der Waals surface area contributed by atoms with Crippen molar-refractivity contribution in [2.75, 3.05) is 18.8 Å². The molecule has 30 heavy (non-hydrogen) atoms. The van der Waals surface area contributed by atoms with Crippen LogP contribution in [0.15, 0.2) is 42.5 Å². The number of aromatic nitrogens is 2. The van der Waals surface area contributed by atoms with Crippen LogP contribution in [0.3, 0.4) is 0 Å². The summed E-state index contributed by atoms with van der Waals surface area (Å²) in [6.07, 6.45) is 1.95. The second-order valence-electron chi connectivity index (χ2n) is 7.81. The molecule has 0 unspecified atom stereocenters. The Labute approximate surface area is 174 Å². The summed E-state index contributed by atoms with van der Waals surface area (Å²) in [5.41, 5.74) is 9.31. The summed E-state index contributed by atoms with van der Waals surface area (Å²) < 4.78 is 14.9. The third-order valence-corrected chi connectivity index (χ3v) is 5.88. The third-order valence-electron chi connectivity index (χ3n) is 5.88. The molecular formula is C23H25FN4O2. The summed E-state index contributed by atoms with van der Waals surface area (Å²) in [5.74, 6) is -0.0936. The fraction of sp³-hybridized carbons (Fsp3) is 0.348. The van der Waals surface area contributed by atoms with Crippen molar-refractivity contribution >= 4 is 28.3 Å². The van der Waals surface area contributed by atoms with Crippen molar-refractivity contribution in [3.8, 4) is 0 Å². The predicted octanol–water partition coefficient (Wildman–Crippen LogP) is 3.76. The Kier molecular flexibility index (Phi) is 5.53. The molecule has 0 spiro atoms. The molecule has 2 aromatic carbocycles. The maximum Gasteiger partial charge on any atom is 0.219 e. The van der Waals surface area contributed by atoms with Crippen LogP contribution >= 0.6 is 0 Å². The van der Waals surface area contributed by atoms with Crippen molar-refractivity contribution in [3.63, 3.8) is 0 Å². The standard InChI is InChI=1S/C23H25FN4O2/c1-15(29)27-12-9-17(10-13-27)23-22-19(25)3-2-4-20(22)28(26-23)14-11-21(30)16-5-7-18(24)8-6-16/h2-8,17H,9-14,25H2,1H3. The summed E-state index contributed by atoms with van der Waals surface area (Å²) >= 11 is 0. The fourth-order valence-electron chi connectivity index (χ4n) is 4.20. The van der Waals surface area contributed by atoms with Gasteiger partial charge in [-0.15, -0.1) is 0 Å². The van der Waals surface area contributed by atoms with Crippen molar-refractivity contribution in [2.24, 2.45) is 0 Å². The van der Waals surface area contributed by atoms with Gasteiger partial charge in [-0.25, -0.2) is 4.39 Å². The number of ketones is 1. The van der Waals surface area contributed by atoms with Gasteiger partial charge in [-0.3, -0.25) is 14.3 Å². The normalized spacial score (nSPS) is 14.9. The highest BCUT2D eigenvalue weighted by molar-refractivity contribution is 5.96. The lowest BCUT2D eigenvalue weighted by Gasteiger charge is -2.30. The van der Waals surface area contributed by atoms with E-state index in [9.17, 15) is 14.0 Å². The number of anilines is 1. The minimum absolute atomic E-state index is 0.0566. The number of piperidine rings is 1.